The number of aromatic nitrogens is 2. The fourth-order valence-electron chi connectivity index (χ4n) is 6.68. The summed E-state index contributed by atoms with van der Waals surface area (Å²) in [6.07, 6.45) is 31.4. The van der Waals surface area contributed by atoms with Crippen molar-refractivity contribution in [1.29, 1.82) is 0 Å². The van der Waals surface area contributed by atoms with E-state index in [0.29, 0.717) is 6.04 Å². The van der Waals surface area contributed by atoms with Crippen LogP contribution < -0.4 is 4.57 Å². The highest BCUT2D eigenvalue weighted by Crippen LogP contribution is 2.41. The predicted molar refractivity (Wildman–Crippen MR) is 177 cm³/mol. The number of imidazole rings is 1. The Balaban J connectivity index is 1.61. The zero-order valence-electron chi connectivity index (χ0n) is 26.9. The SMILES string of the molecule is CCCCCCCCCCCCCCCC(n1cc[n+](CCCCC)c1)C(C)(Cc1ccccc1)c1ccccc1. The molecule has 41 heavy (non-hydrogen) atoms. The molecule has 0 aliphatic carbocycles. The molecule has 0 aliphatic heterocycles. The molecule has 0 amide bonds. The molecule has 0 saturated heterocycles. The fraction of sp³-hybridized carbons (Fsp3) is 0.615. The van der Waals surface area contributed by atoms with Gasteiger partial charge in [0.05, 0.1) is 6.54 Å². The molecule has 3 rings (SSSR count). The minimum atomic E-state index is 0.0139. The van der Waals surface area contributed by atoms with E-state index in [9.17, 15) is 0 Å². The van der Waals surface area contributed by atoms with Gasteiger partial charge in [0.2, 0.25) is 6.33 Å². The van der Waals surface area contributed by atoms with Gasteiger partial charge in [0, 0.05) is 5.41 Å². The summed E-state index contributed by atoms with van der Waals surface area (Å²) in [6, 6.07) is 22.9. The number of hydrogen-bond donors (Lipinski definition) is 0. The number of nitrogens with zero attached hydrogens (tertiary/aromatic N) is 2. The molecule has 0 fully saturated rings. The summed E-state index contributed by atoms with van der Waals surface area (Å²) < 4.78 is 4.97. The van der Waals surface area contributed by atoms with Gasteiger partial charge in [-0.1, -0.05) is 165 Å². The first kappa shape index (κ1) is 33.2. The predicted octanol–water partition coefficient (Wildman–Crippen LogP) is 11.2. The first-order chi connectivity index (χ1) is 20.2. The molecule has 226 valence electrons. The van der Waals surface area contributed by atoms with Crippen LogP contribution in [0.3, 0.4) is 0 Å². The van der Waals surface area contributed by atoms with Crippen LogP contribution in [0.2, 0.25) is 0 Å². The van der Waals surface area contributed by atoms with Gasteiger partial charge in [-0.15, -0.1) is 0 Å². The van der Waals surface area contributed by atoms with E-state index in [2.05, 4.69) is 109 Å². The van der Waals surface area contributed by atoms with E-state index in [1.165, 1.54) is 120 Å². The zero-order chi connectivity index (χ0) is 29.0. The first-order valence-corrected chi connectivity index (χ1v) is 17.3. The molecule has 2 unspecified atom stereocenters. The van der Waals surface area contributed by atoms with Crippen LogP contribution in [0.5, 0.6) is 0 Å². The van der Waals surface area contributed by atoms with Crippen molar-refractivity contribution in [3.05, 3.63) is 90.5 Å². The van der Waals surface area contributed by atoms with Crippen molar-refractivity contribution in [2.75, 3.05) is 0 Å². The van der Waals surface area contributed by atoms with Crippen LogP contribution in [0.1, 0.15) is 147 Å². The number of rotatable bonds is 23. The van der Waals surface area contributed by atoms with Crippen molar-refractivity contribution in [2.24, 2.45) is 0 Å². The largest absolute Gasteiger partial charge is 0.244 e. The zero-order valence-corrected chi connectivity index (χ0v) is 26.9. The monoisotopic (exact) mass is 557 g/mol. The standard InChI is InChI=1S/C39H61N2/c1-4-6-8-9-10-11-12-13-14-15-16-17-24-30-38(41-33-32-40(35-41)31-25-7-5-2)39(3,37-28-22-19-23-29-37)34-36-26-20-18-21-27-36/h18-23,26-29,32-33,35,38H,4-17,24-25,30-31,34H2,1-3H3/q+1. The fourth-order valence-corrected chi connectivity index (χ4v) is 6.68. The van der Waals surface area contributed by atoms with Gasteiger partial charge < -0.3 is 0 Å². The van der Waals surface area contributed by atoms with Crippen molar-refractivity contribution >= 4 is 0 Å². The highest BCUT2D eigenvalue weighted by atomic mass is 15.1. The highest BCUT2D eigenvalue weighted by molar-refractivity contribution is 5.30. The minimum absolute atomic E-state index is 0.0139. The number of unbranched alkanes of at least 4 members (excludes halogenated alkanes) is 14. The van der Waals surface area contributed by atoms with Crippen molar-refractivity contribution in [2.45, 2.75) is 154 Å². The quantitative estimate of drug-likeness (QED) is 0.0810. The number of hydrogen-bond acceptors (Lipinski definition) is 0. The maximum atomic E-state index is 2.56. The van der Waals surface area contributed by atoms with Crippen molar-refractivity contribution < 1.29 is 4.57 Å². The molecule has 0 aliphatic rings. The van der Waals surface area contributed by atoms with E-state index in [-0.39, 0.29) is 5.41 Å². The van der Waals surface area contributed by atoms with Crippen molar-refractivity contribution in [3.63, 3.8) is 0 Å². The molecule has 2 aromatic carbocycles. The molecular weight excluding hydrogens is 496 g/mol. The maximum absolute atomic E-state index is 2.56. The summed E-state index contributed by atoms with van der Waals surface area (Å²) in [5.74, 6) is 0. The summed E-state index contributed by atoms with van der Waals surface area (Å²) in [6.45, 7) is 8.23. The lowest BCUT2D eigenvalue weighted by Crippen LogP contribution is -2.38. The van der Waals surface area contributed by atoms with Gasteiger partial charge in [0.15, 0.2) is 0 Å². The van der Waals surface area contributed by atoms with Gasteiger partial charge >= 0.3 is 0 Å². The molecule has 3 aromatic rings. The molecular formula is C39H61N2+. The summed E-state index contributed by atoms with van der Waals surface area (Å²) in [5.41, 5.74) is 2.90. The Hall–Kier alpha value is -2.35. The summed E-state index contributed by atoms with van der Waals surface area (Å²) in [4.78, 5) is 0. The molecule has 0 bridgehead atoms. The van der Waals surface area contributed by atoms with E-state index in [4.69, 9.17) is 0 Å². The van der Waals surface area contributed by atoms with Crippen LogP contribution >= 0.6 is 0 Å². The van der Waals surface area contributed by atoms with Crippen molar-refractivity contribution in [1.82, 2.24) is 4.57 Å². The normalized spacial score (nSPS) is 13.7. The molecule has 0 saturated carbocycles. The Morgan fingerprint density at radius 1 is 0.634 bits per heavy atom. The molecule has 0 radical (unpaired) electrons. The van der Waals surface area contributed by atoms with E-state index in [0.717, 1.165) is 13.0 Å². The third-order valence-electron chi connectivity index (χ3n) is 9.26. The average molecular weight is 558 g/mol. The second kappa shape index (κ2) is 19.7. The Kier molecular flexibility index (Phi) is 15.9. The van der Waals surface area contributed by atoms with E-state index < -0.39 is 0 Å². The van der Waals surface area contributed by atoms with Gasteiger partial charge in [0.25, 0.3) is 0 Å². The van der Waals surface area contributed by atoms with Crippen LogP contribution in [0.4, 0.5) is 0 Å². The van der Waals surface area contributed by atoms with Gasteiger partial charge in [0.1, 0.15) is 18.4 Å². The van der Waals surface area contributed by atoms with Crippen LogP contribution in [-0.2, 0) is 18.4 Å². The number of aryl methyl sites for hydroxylation is 1. The maximum Gasteiger partial charge on any atom is 0.244 e. The Labute approximate surface area is 253 Å². The molecule has 2 nitrogen and oxygen atoms in total. The van der Waals surface area contributed by atoms with Gasteiger partial charge in [-0.25, -0.2) is 9.13 Å². The smallest absolute Gasteiger partial charge is 0.237 e. The Bertz CT molecular complexity index is 1020. The third kappa shape index (κ3) is 11.8. The molecule has 0 spiro atoms. The molecule has 2 heteroatoms. The van der Waals surface area contributed by atoms with Crippen LogP contribution in [0.25, 0.3) is 0 Å². The van der Waals surface area contributed by atoms with Crippen LogP contribution in [0, 0.1) is 0 Å². The Morgan fingerprint density at radius 3 is 1.73 bits per heavy atom. The lowest BCUT2D eigenvalue weighted by atomic mass is 9.70. The molecule has 1 aromatic heterocycles. The summed E-state index contributed by atoms with van der Waals surface area (Å²) in [5, 5.41) is 0. The van der Waals surface area contributed by atoms with Crippen LogP contribution in [0.15, 0.2) is 79.4 Å². The Morgan fingerprint density at radius 2 is 1.15 bits per heavy atom. The third-order valence-corrected chi connectivity index (χ3v) is 9.26. The lowest BCUT2D eigenvalue weighted by molar-refractivity contribution is -0.697. The second-order valence-electron chi connectivity index (χ2n) is 12.8. The molecule has 2 atom stereocenters. The summed E-state index contributed by atoms with van der Waals surface area (Å²) in [7, 11) is 0. The number of benzene rings is 2. The van der Waals surface area contributed by atoms with Gasteiger partial charge in [-0.3, -0.25) is 0 Å². The lowest BCUT2D eigenvalue weighted by Gasteiger charge is -2.37. The van der Waals surface area contributed by atoms with E-state index in [1.807, 2.05) is 0 Å². The molecule has 0 N–H and O–H groups in total. The van der Waals surface area contributed by atoms with Crippen molar-refractivity contribution in [3.8, 4) is 0 Å². The second-order valence-corrected chi connectivity index (χ2v) is 12.8. The first-order valence-electron chi connectivity index (χ1n) is 17.3. The van der Waals surface area contributed by atoms with Gasteiger partial charge in [-0.05, 0) is 43.2 Å². The topological polar surface area (TPSA) is 8.81 Å². The van der Waals surface area contributed by atoms with Crippen LogP contribution in [-0.4, -0.2) is 4.57 Å². The molecule has 1 heterocycles. The van der Waals surface area contributed by atoms with E-state index >= 15 is 0 Å². The average Bonchev–Trinajstić information content (AvgIpc) is 3.46. The minimum Gasteiger partial charge on any atom is -0.237 e. The summed E-state index contributed by atoms with van der Waals surface area (Å²) >= 11 is 0. The van der Waals surface area contributed by atoms with Gasteiger partial charge in [-0.2, -0.15) is 0 Å². The highest BCUT2D eigenvalue weighted by Gasteiger charge is 2.40. The van der Waals surface area contributed by atoms with E-state index in [1.54, 1.807) is 0 Å².